The summed E-state index contributed by atoms with van der Waals surface area (Å²) in [4.78, 5) is 2.67. The minimum atomic E-state index is 0.711. The Hall–Kier alpha value is -1.25. The molecule has 0 atom stereocenters. The van der Waals surface area contributed by atoms with Crippen LogP contribution in [-0.2, 0) is 6.42 Å². The second kappa shape index (κ2) is 6.27. The van der Waals surface area contributed by atoms with Crippen molar-refractivity contribution in [3.05, 3.63) is 58.7 Å². The number of hydrogen-bond donors (Lipinski definition) is 1. The van der Waals surface area contributed by atoms with Crippen molar-refractivity contribution in [2.45, 2.75) is 37.0 Å². The first-order valence-corrected chi connectivity index (χ1v) is 7.46. The molecule has 19 heavy (non-hydrogen) atoms. The van der Waals surface area contributed by atoms with E-state index in [-0.39, 0.29) is 0 Å². The van der Waals surface area contributed by atoms with E-state index in [1.807, 2.05) is 11.8 Å². The highest BCUT2D eigenvalue weighted by Crippen LogP contribution is 2.33. The summed E-state index contributed by atoms with van der Waals surface area (Å²) in [6.45, 7) is 7.19. The van der Waals surface area contributed by atoms with E-state index in [1.54, 1.807) is 0 Å². The Kier molecular flexibility index (Phi) is 4.67. The van der Waals surface area contributed by atoms with Crippen LogP contribution in [0.15, 0.2) is 46.2 Å². The lowest BCUT2D eigenvalue weighted by atomic mass is 10.1. The molecule has 2 aromatic rings. The minimum Gasteiger partial charge on any atom is -0.330 e. The standard InChI is InChI=1S/C17H21NS/c1-12-4-5-13(2)17(10-12)19-16-7-6-15(8-9-18)11-14(16)3/h4-7,10-11H,8-9,18H2,1-3H3. The Bertz CT molecular complexity index is 575. The third kappa shape index (κ3) is 3.62. The average Bonchev–Trinajstić information content (AvgIpc) is 2.37. The molecule has 0 aliphatic carbocycles. The van der Waals surface area contributed by atoms with Crippen LogP contribution in [0.1, 0.15) is 22.3 Å². The first-order chi connectivity index (χ1) is 9.10. The number of hydrogen-bond acceptors (Lipinski definition) is 2. The molecule has 0 aliphatic heterocycles. The van der Waals surface area contributed by atoms with Crippen LogP contribution in [0.4, 0.5) is 0 Å². The SMILES string of the molecule is Cc1ccc(C)c(Sc2ccc(CCN)cc2C)c1. The fourth-order valence-corrected chi connectivity index (χ4v) is 3.15. The molecule has 0 unspecified atom stereocenters. The van der Waals surface area contributed by atoms with Crippen molar-refractivity contribution in [1.82, 2.24) is 0 Å². The maximum Gasteiger partial charge on any atom is 0.0154 e. The van der Waals surface area contributed by atoms with Gasteiger partial charge in [-0.15, -0.1) is 0 Å². The smallest absolute Gasteiger partial charge is 0.0154 e. The van der Waals surface area contributed by atoms with E-state index in [4.69, 9.17) is 5.73 Å². The molecular formula is C17H21NS. The number of rotatable bonds is 4. The maximum absolute atomic E-state index is 5.60. The summed E-state index contributed by atoms with van der Waals surface area (Å²) in [7, 11) is 0. The van der Waals surface area contributed by atoms with Crippen LogP contribution in [-0.4, -0.2) is 6.54 Å². The van der Waals surface area contributed by atoms with E-state index in [2.05, 4.69) is 57.2 Å². The summed E-state index contributed by atoms with van der Waals surface area (Å²) in [5.74, 6) is 0. The molecule has 0 radical (unpaired) electrons. The summed E-state index contributed by atoms with van der Waals surface area (Å²) in [5, 5.41) is 0. The lowest BCUT2D eigenvalue weighted by Gasteiger charge is -2.10. The topological polar surface area (TPSA) is 26.0 Å². The monoisotopic (exact) mass is 271 g/mol. The molecular weight excluding hydrogens is 250 g/mol. The van der Waals surface area contributed by atoms with Crippen LogP contribution in [0.5, 0.6) is 0 Å². The maximum atomic E-state index is 5.60. The van der Waals surface area contributed by atoms with Gasteiger partial charge in [0.1, 0.15) is 0 Å². The first kappa shape index (κ1) is 14.2. The lowest BCUT2D eigenvalue weighted by Crippen LogP contribution is -2.02. The zero-order valence-electron chi connectivity index (χ0n) is 11.9. The quantitative estimate of drug-likeness (QED) is 0.899. The summed E-state index contributed by atoms with van der Waals surface area (Å²) in [6.07, 6.45) is 0.954. The number of aryl methyl sites for hydroxylation is 3. The van der Waals surface area contributed by atoms with Gasteiger partial charge in [0, 0.05) is 9.79 Å². The fraction of sp³-hybridized carbons (Fsp3) is 0.294. The van der Waals surface area contributed by atoms with Gasteiger partial charge in [-0.3, -0.25) is 0 Å². The molecule has 0 amide bonds. The van der Waals surface area contributed by atoms with Gasteiger partial charge in [-0.2, -0.15) is 0 Å². The Morgan fingerprint density at radius 2 is 1.68 bits per heavy atom. The highest BCUT2D eigenvalue weighted by Gasteiger charge is 2.05. The minimum absolute atomic E-state index is 0.711. The van der Waals surface area contributed by atoms with Gasteiger partial charge in [0.25, 0.3) is 0 Å². The first-order valence-electron chi connectivity index (χ1n) is 6.65. The van der Waals surface area contributed by atoms with Crippen molar-refractivity contribution in [1.29, 1.82) is 0 Å². The van der Waals surface area contributed by atoms with Crippen molar-refractivity contribution in [3.63, 3.8) is 0 Å². The second-order valence-corrected chi connectivity index (χ2v) is 6.09. The van der Waals surface area contributed by atoms with Gasteiger partial charge in [0.2, 0.25) is 0 Å². The van der Waals surface area contributed by atoms with Crippen LogP contribution >= 0.6 is 11.8 Å². The molecule has 0 spiro atoms. The molecule has 0 heterocycles. The Morgan fingerprint density at radius 1 is 0.895 bits per heavy atom. The van der Waals surface area contributed by atoms with Crippen molar-refractivity contribution < 1.29 is 0 Å². The molecule has 2 N–H and O–H groups in total. The number of nitrogens with two attached hydrogens (primary N) is 1. The molecule has 0 saturated carbocycles. The molecule has 0 aliphatic rings. The largest absolute Gasteiger partial charge is 0.330 e. The summed E-state index contributed by atoms with van der Waals surface area (Å²) < 4.78 is 0. The molecule has 2 heteroatoms. The van der Waals surface area contributed by atoms with Crippen molar-refractivity contribution in [2.75, 3.05) is 6.54 Å². The lowest BCUT2D eigenvalue weighted by molar-refractivity contribution is 0.963. The van der Waals surface area contributed by atoms with E-state index in [1.165, 1.54) is 32.0 Å². The Balaban J connectivity index is 2.25. The molecule has 2 aromatic carbocycles. The third-order valence-electron chi connectivity index (χ3n) is 3.24. The summed E-state index contributed by atoms with van der Waals surface area (Å²) in [5.41, 5.74) is 10.9. The molecule has 0 saturated heterocycles. The highest BCUT2D eigenvalue weighted by atomic mass is 32.2. The van der Waals surface area contributed by atoms with Crippen LogP contribution < -0.4 is 5.73 Å². The predicted molar refractivity (Wildman–Crippen MR) is 84.0 cm³/mol. The second-order valence-electron chi connectivity index (χ2n) is 5.01. The van der Waals surface area contributed by atoms with Crippen LogP contribution in [0.3, 0.4) is 0 Å². The Morgan fingerprint density at radius 3 is 2.37 bits per heavy atom. The van der Waals surface area contributed by atoms with E-state index < -0.39 is 0 Å². The average molecular weight is 271 g/mol. The van der Waals surface area contributed by atoms with E-state index in [9.17, 15) is 0 Å². The van der Waals surface area contributed by atoms with E-state index in [0.717, 1.165) is 6.42 Å². The highest BCUT2D eigenvalue weighted by molar-refractivity contribution is 7.99. The van der Waals surface area contributed by atoms with Gasteiger partial charge in [0.15, 0.2) is 0 Å². The normalized spacial score (nSPS) is 10.7. The van der Waals surface area contributed by atoms with Crippen molar-refractivity contribution in [2.24, 2.45) is 5.73 Å². The molecule has 0 bridgehead atoms. The fourth-order valence-electron chi connectivity index (χ4n) is 2.08. The molecule has 0 fully saturated rings. The molecule has 1 nitrogen and oxygen atoms in total. The van der Waals surface area contributed by atoms with Gasteiger partial charge < -0.3 is 5.73 Å². The van der Waals surface area contributed by atoms with Gasteiger partial charge in [-0.1, -0.05) is 36.0 Å². The van der Waals surface area contributed by atoms with E-state index in [0.29, 0.717) is 6.54 Å². The number of benzene rings is 2. The summed E-state index contributed by atoms with van der Waals surface area (Å²) in [6, 6.07) is 13.3. The van der Waals surface area contributed by atoms with Crippen molar-refractivity contribution >= 4 is 11.8 Å². The molecule has 2 rings (SSSR count). The molecule has 0 aromatic heterocycles. The van der Waals surface area contributed by atoms with Gasteiger partial charge >= 0.3 is 0 Å². The summed E-state index contributed by atoms with van der Waals surface area (Å²) >= 11 is 1.85. The zero-order chi connectivity index (χ0) is 13.8. The zero-order valence-corrected chi connectivity index (χ0v) is 12.7. The van der Waals surface area contributed by atoms with Gasteiger partial charge in [0.05, 0.1) is 0 Å². The van der Waals surface area contributed by atoms with Gasteiger partial charge in [-0.05, 0) is 68.1 Å². The van der Waals surface area contributed by atoms with Crippen LogP contribution in [0.2, 0.25) is 0 Å². The predicted octanol–water partition coefficient (Wildman–Crippen LogP) is 4.26. The van der Waals surface area contributed by atoms with Crippen LogP contribution in [0.25, 0.3) is 0 Å². The van der Waals surface area contributed by atoms with Gasteiger partial charge in [-0.25, -0.2) is 0 Å². The van der Waals surface area contributed by atoms with E-state index >= 15 is 0 Å². The Labute approximate surface area is 120 Å². The third-order valence-corrected chi connectivity index (χ3v) is 4.57. The molecule has 100 valence electrons. The van der Waals surface area contributed by atoms with Crippen molar-refractivity contribution in [3.8, 4) is 0 Å². The van der Waals surface area contributed by atoms with Crippen LogP contribution in [0, 0.1) is 20.8 Å².